The van der Waals surface area contributed by atoms with Crippen molar-refractivity contribution < 1.29 is 13.2 Å². The van der Waals surface area contributed by atoms with Gasteiger partial charge in [0.05, 0.1) is 10.6 Å². The van der Waals surface area contributed by atoms with Crippen LogP contribution in [-0.2, 0) is 21.2 Å². The number of H-pyrrole nitrogens is 1. The molecule has 2 rings (SSSR count). The van der Waals surface area contributed by atoms with Crippen LogP contribution in [-0.4, -0.2) is 47.4 Å². The number of benzene rings is 1. The number of rotatable bonds is 9. The van der Waals surface area contributed by atoms with Crippen molar-refractivity contribution in [2.24, 2.45) is 0 Å². The second-order valence-corrected chi connectivity index (χ2v) is 9.73. The Kier molecular flexibility index (Phi) is 8.00. The van der Waals surface area contributed by atoms with E-state index in [0.717, 1.165) is 18.2 Å². The molecule has 2 N–H and O–H groups in total. The van der Waals surface area contributed by atoms with Crippen molar-refractivity contribution in [1.29, 1.82) is 0 Å². The number of carbonyl (C=O) groups is 1. The Labute approximate surface area is 175 Å². The fourth-order valence-electron chi connectivity index (χ4n) is 2.42. The summed E-state index contributed by atoms with van der Waals surface area (Å²) in [5.41, 5.74) is 0.944. The predicted molar refractivity (Wildman–Crippen MR) is 115 cm³/mol. The highest BCUT2D eigenvalue weighted by atomic mass is 32.2. The molecule has 0 spiro atoms. The first-order chi connectivity index (χ1) is 13.6. The molecule has 0 bridgehead atoms. The average Bonchev–Trinajstić information content (AvgIpc) is 2.66. The number of nitrogens with zero attached hydrogens (tertiary/aromatic N) is 2. The van der Waals surface area contributed by atoms with Crippen LogP contribution < -0.4 is 10.9 Å². The van der Waals surface area contributed by atoms with Gasteiger partial charge in [0.2, 0.25) is 15.9 Å². The molecule has 0 saturated carbocycles. The number of sulfonamides is 1. The van der Waals surface area contributed by atoms with Gasteiger partial charge >= 0.3 is 0 Å². The van der Waals surface area contributed by atoms with Crippen molar-refractivity contribution in [3.8, 4) is 0 Å². The zero-order valence-corrected chi connectivity index (χ0v) is 18.6. The van der Waals surface area contributed by atoms with Gasteiger partial charge in [0.25, 0.3) is 5.56 Å². The van der Waals surface area contributed by atoms with Crippen molar-refractivity contribution in [3.05, 3.63) is 46.4 Å². The lowest BCUT2D eigenvalue weighted by atomic mass is 10.2. The summed E-state index contributed by atoms with van der Waals surface area (Å²) in [4.78, 5) is 30.9. The molecule has 1 aromatic heterocycles. The monoisotopic (exact) mass is 438 g/mol. The molecule has 0 aliphatic rings. The lowest BCUT2D eigenvalue weighted by Gasteiger charge is -2.21. The molecular weight excluding hydrogens is 412 g/mol. The van der Waals surface area contributed by atoms with Crippen molar-refractivity contribution in [2.75, 3.05) is 18.1 Å². The molecule has 0 radical (unpaired) electrons. The van der Waals surface area contributed by atoms with Gasteiger partial charge in [-0.3, -0.25) is 9.59 Å². The lowest BCUT2D eigenvalue weighted by Crippen LogP contribution is -2.33. The van der Waals surface area contributed by atoms with Gasteiger partial charge in [0.1, 0.15) is 0 Å². The van der Waals surface area contributed by atoms with Crippen LogP contribution in [0.25, 0.3) is 0 Å². The van der Waals surface area contributed by atoms with E-state index in [-0.39, 0.29) is 28.2 Å². The highest BCUT2D eigenvalue weighted by Crippen LogP contribution is 2.19. The maximum atomic E-state index is 12.5. The van der Waals surface area contributed by atoms with Crippen molar-refractivity contribution >= 4 is 33.4 Å². The Morgan fingerprint density at radius 1 is 1.28 bits per heavy atom. The molecule has 8 nitrogen and oxygen atoms in total. The van der Waals surface area contributed by atoms with Crippen LogP contribution in [0.1, 0.15) is 32.9 Å². The third kappa shape index (κ3) is 6.41. The van der Waals surface area contributed by atoms with Crippen molar-refractivity contribution in [2.45, 2.75) is 49.7 Å². The SMILES string of the molecule is CCCc1cc(=O)[nH]c(SCC(=O)Nc2ccc(S(=O)(=O)N(C)C(C)C)cc2)n1. The zero-order chi connectivity index (χ0) is 21.6. The number of carbonyl (C=O) groups excluding carboxylic acids is 1. The summed E-state index contributed by atoms with van der Waals surface area (Å²) in [7, 11) is -2.04. The first-order valence-electron chi connectivity index (χ1n) is 9.24. The summed E-state index contributed by atoms with van der Waals surface area (Å²) in [5, 5.41) is 3.11. The Morgan fingerprint density at radius 3 is 2.52 bits per heavy atom. The van der Waals surface area contributed by atoms with Crippen LogP contribution in [0.4, 0.5) is 5.69 Å². The minimum absolute atomic E-state index is 0.0641. The summed E-state index contributed by atoms with van der Waals surface area (Å²) in [6.45, 7) is 5.59. The average molecular weight is 439 g/mol. The zero-order valence-electron chi connectivity index (χ0n) is 16.9. The number of aryl methyl sites for hydroxylation is 1. The first-order valence-corrected chi connectivity index (χ1v) is 11.7. The van der Waals surface area contributed by atoms with E-state index in [0.29, 0.717) is 23.0 Å². The fraction of sp³-hybridized carbons (Fsp3) is 0.421. The van der Waals surface area contributed by atoms with Gasteiger partial charge in [0.15, 0.2) is 5.16 Å². The molecule has 10 heteroatoms. The smallest absolute Gasteiger partial charge is 0.251 e. The molecule has 1 heterocycles. The molecule has 0 saturated heterocycles. The molecule has 1 aromatic carbocycles. The molecule has 0 aliphatic heterocycles. The molecule has 1 amide bonds. The van der Waals surface area contributed by atoms with Crippen LogP contribution in [0.15, 0.2) is 45.2 Å². The van der Waals surface area contributed by atoms with Gasteiger partial charge in [-0.2, -0.15) is 4.31 Å². The third-order valence-electron chi connectivity index (χ3n) is 4.16. The van der Waals surface area contributed by atoms with Gasteiger partial charge in [-0.25, -0.2) is 13.4 Å². The van der Waals surface area contributed by atoms with Crippen LogP contribution in [0.3, 0.4) is 0 Å². The Hall–Kier alpha value is -2.17. The number of hydrogen-bond donors (Lipinski definition) is 2. The second-order valence-electron chi connectivity index (χ2n) is 6.77. The van der Waals surface area contributed by atoms with Crippen LogP contribution in [0.5, 0.6) is 0 Å². The number of hydrogen-bond acceptors (Lipinski definition) is 6. The van der Waals surface area contributed by atoms with Crippen LogP contribution in [0, 0.1) is 0 Å². The standard InChI is InChI=1S/C19H26N4O4S2/c1-5-6-15-11-17(24)22-19(21-15)28-12-18(25)20-14-7-9-16(10-8-14)29(26,27)23(4)13(2)3/h7-11,13H,5-6,12H2,1-4H3,(H,20,25)(H,21,22,24). The summed E-state index contributed by atoms with van der Waals surface area (Å²) in [6.07, 6.45) is 1.57. The Balaban J connectivity index is 1.99. The minimum atomic E-state index is -3.57. The van der Waals surface area contributed by atoms with Gasteiger partial charge in [-0.1, -0.05) is 25.1 Å². The van der Waals surface area contributed by atoms with Crippen LogP contribution in [0.2, 0.25) is 0 Å². The normalized spacial score (nSPS) is 11.8. The number of amides is 1. The maximum absolute atomic E-state index is 12.5. The maximum Gasteiger partial charge on any atom is 0.251 e. The van der Waals surface area contributed by atoms with Gasteiger partial charge in [0, 0.05) is 30.5 Å². The quantitative estimate of drug-likeness (QED) is 0.459. The van der Waals surface area contributed by atoms with E-state index < -0.39 is 10.0 Å². The third-order valence-corrected chi connectivity index (χ3v) is 7.08. The van der Waals surface area contributed by atoms with E-state index in [1.165, 1.54) is 29.6 Å². The molecule has 29 heavy (non-hydrogen) atoms. The summed E-state index contributed by atoms with van der Waals surface area (Å²) < 4.78 is 26.2. The topological polar surface area (TPSA) is 112 Å². The van der Waals surface area contributed by atoms with E-state index in [1.807, 2.05) is 6.92 Å². The predicted octanol–water partition coefficient (Wildman–Crippen LogP) is 2.48. The van der Waals surface area contributed by atoms with Crippen molar-refractivity contribution in [1.82, 2.24) is 14.3 Å². The molecule has 0 unspecified atom stereocenters. The molecule has 0 atom stereocenters. The number of aromatic amines is 1. The lowest BCUT2D eigenvalue weighted by molar-refractivity contribution is -0.113. The van der Waals surface area contributed by atoms with E-state index >= 15 is 0 Å². The van der Waals surface area contributed by atoms with Gasteiger partial charge < -0.3 is 10.3 Å². The van der Waals surface area contributed by atoms with Gasteiger partial charge in [-0.15, -0.1) is 0 Å². The fourth-order valence-corrected chi connectivity index (χ4v) is 4.48. The number of nitrogens with one attached hydrogen (secondary N) is 2. The summed E-state index contributed by atoms with van der Waals surface area (Å²) >= 11 is 1.14. The van der Waals surface area contributed by atoms with Crippen molar-refractivity contribution in [3.63, 3.8) is 0 Å². The number of anilines is 1. The Morgan fingerprint density at radius 2 is 1.93 bits per heavy atom. The van der Waals surface area contributed by atoms with E-state index in [2.05, 4.69) is 15.3 Å². The van der Waals surface area contributed by atoms with E-state index in [1.54, 1.807) is 26.0 Å². The molecule has 2 aromatic rings. The molecule has 0 aliphatic carbocycles. The van der Waals surface area contributed by atoms with Crippen LogP contribution >= 0.6 is 11.8 Å². The van der Waals surface area contributed by atoms with Gasteiger partial charge in [-0.05, 0) is 44.5 Å². The highest BCUT2D eigenvalue weighted by molar-refractivity contribution is 7.99. The largest absolute Gasteiger partial charge is 0.325 e. The first kappa shape index (κ1) is 23.1. The minimum Gasteiger partial charge on any atom is -0.325 e. The Bertz CT molecular complexity index is 1000. The number of thioether (sulfide) groups is 1. The number of aromatic nitrogens is 2. The second kappa shape index (κ2) is 10.0. The summed E-state index contributed by atoms with van der Waals surface area (Å²) in [5.74, 6) is -0.220. The molecular formula is C19H26N4O4S2. The molecule has 0 fully saturated rings. The molecule has 158 valence electrons. The highest BCUT2D eigenvalue weighted by Gasteiger charge is 2.22. The van der Waals surface area contributed by atoms with E-state index in [9.17, 15) is 18.0 Å². The summed E-state index contributed by atoms with van der Waals surface area (Å²) in [6, 6.07) is 7.32. The van der Waals surface area contributed by atoms with E-state index in [4.69, 9.17) is 0 Å².